The quantitative estimate of drug-likeness (QED) is 0.368. The van der Waals surface area contributed by atoms with Crippen LogP contribution in [0.4, 0.5) is 13.2 Å². The van der Waals surface area contributed by atoms with Gasteiger partial charge in [0.1, 0.15) is 5.75 Å². The first-order valence-corrected chi connectivity index (χ1v) is 8.31. The maximum absolute atomic E-state index is 12.5. The minimum absolute atomic E-state index is 0. The number of halogens is 4. The number of benzene rings is 1. The highest BCUT2D eigenvalue weighted by molar-refractivity contribution is 14.0. The van der Waals surface area contributed by atoms with Crippen molar-refractivity contribution in [2.45, 2.75) is 33.3 Å². The van der Waals surface area contributed by atoms with Gasteiger partial charge in [-0.25, -0.2) is 4.98 Å². The first-order chi connectivity index (χ1) is 11.8. The molecule has 0 fully saturated rings. The molecular formula is C16H20F3IN4OS. The summed E-state index contributed by atoms with van der Waals surface area (Å²) in [6.45, 7) is 4.55. The molecular weight excluding hydrogens is 480 g/mol. The summed E-state index contributed by atoms with van der Waals surface area (Å²) in [5.74, 6) is 0.249. The number of alkyl halides is 3. The SMILES string of the molecule is CN=C(NCc1ccccc1OC(F)(F)F)NCc1sc(C)nc1C.I. The van der Waals surface area contributed by atoms with Gasteiger partial charge in [0.2, 0.25) is 0 Å². The van der Waals surface area contributed by atoms with E-state index in [1.807, 2.05) is 13.8 Å². The van der Waals surface area contributed by atoms with Crippen LogP contribution in [0.15, 0.2) is 29.3 Å². The minimum Gasteiger partial charge on any atom is -0.405 e. The highest BCUT2D eigenvalue weighted by atomic mass is 127. The van der Waals surface area contributed by atoms with Crippen molar-refractivity contribution in [2.24, 2.45) is 4.99 Å². The molecule has 1 aromatic carbocycles. The van der Waals surface area contributed by atoms with Gasteiger partial charge in [-0.2, -0.15) is 0 Å². The van der Waals surface area contributed by atoms with Crippen LogP contribution >= 0.6 is 35.3 Å². The molecule has 0 spiro atoms. The van der Waals surface area contributed by atoms with Crippen LogP contribution < -0.4 is 15.4 Å². The number of para-hydroxylation sites is 1. The van der Waals surface area contributed by atoms with Crippen molar-refractivity contribution in [3.05, 3.63) is 45.4 Å². The average molecular weight is 500 g/mol. The molecule has 1 heterocycles. The molecule has 0 saturated carbocycles. The highest BCUT2D eigenvalue weighted by Crippen LogP contribution is 2.26. The fraction of sp³-hybridized carbons (Fsp3) is 0.375. The second-order valence-corrected chi connectivity index (χ2v) is 6.46. The molecule has 0 aliphatic rings. The molecule has 0 saturated heterocycles. The Morgan fingerprint density at radius 2 is 1.85 bits per heavy atom. The maximum Gasteiger partial charge on any atom is 0.573 e. The van der Waals surface area contributed by atoms with E-state index in [9.17, 15) is 13.2 Å². The van der Waals surface area contributed by atoms with Crippen molar-refractivity contribution in [2.75, 3.05) is 7.05 Å². The molecule has 10 heteroatoms. The topological polar surface area (TPSA) is 58.5 Å². The van der Waals surface area contributed by atoms with Gasteiger partial charge in [0.15, 0.2) is 5.96 Å². The Morgan fingerprint density at radius 1 is 1.19 bits per heavy atom. The van der Waals surface area contributed by atoms with Gasteiger partial charge in [-0.15, -0.1) is 48.5 Å². The average Bonchev–Trinajstić information content (AvgIpc) is 2.85. The van der Waals surface area contributed by atoms with Gasteiger partial charge in [-0.05, 0) is 19.9 Å². The van der Waals surface area contributed by atoms with Crippen LogP contribution in [0.25, 0.3) is 0 Å². The molecule has 144 valence electrons. The Bertz CT molecular complexity index is 749. The van der Waals surface area contributed by atoms with E-state index in [1.165, 1.54) is 12.1 Å². The summed E-state index contributed by atoms with van der Waals surface area (Å²) in [6, 6.07) is 5.99. The third-order valence-electron chi connectivity index (χ3n) is 3.28. The number of hydrogen-bond acceptors (Lipinski definition) is 4. The number of aryl methyl sites for hydroxylation is 2. The number of ether oxygens (including phenoxy) is 1. The first-order valence-electron chi connectivity index (χ1n) is 7.49. The summed E-state index contributed by atoms with van der Waals surface area (Å²) in [5, 5.41) is 7.09. The minimum atomic E-state index is -4.72. The van der Waals surface area contributed by atoms with Crippen molar-refractivity contribution in [1.82, 2.24) is 15.6 Å². The number of rotatable bonds is 5. The molecule has 0 aliphatic carbocycles. The number of nitrogens with one attached hydrogen (secondary N) is 2. The Labute approximate surface area is 171 Å². The van der Waals surface area contributed by atoms with Crippen molar-refractivity contribution >= 4 is 41.3 Å². The molecule has 0 amide bonds. The molecule has 5 nitrogen and oxygen atoms in total. The highest BCUT2D eigenvalue weighted by Gasteiger charge is 2.31. The van der Waals surface area contributed by atoms with Crippen molar-refractivity contribution in [1.29, 1.82) is 0 Å². The van der Waals surface area contributed by atoms with Crippen LogP contribution in [-0.2, 0) is 13.1 Å². The summed E-state index contributed by atoms with van der Waals surface area (Å²) in [6.07, 6.45) is -4.72. The van der Waals surface area contributed by atoms with E-state index in [2.05, 4.69) is 25.3 Å². The van der Waals surface area contributed by atoms with Gasteiger partial charge in [0, 0.05) is 24.0 Å². The van der Waals surface area contributed by atoms with E-state index in [0.29, 0.717) is 18.1 Å². The molecule has 2 aromatic rings. The Morgan fingerprint density at radius 3 is 2.42 bits per heavy atom. The third-order valence-corrected chi connectivity index (χ3v) is 4.36. The lowest BCUT2D eigenvalue weighted by Crippen LogP contribution is -2.36. The number of nitrogens with zero attached hydrogens (tertiary/aromatic N) is 2. The monoisotopic (exact) mass is 500 g/mol. The van der Waals surface area contributed by atoms with Gasteiger partial charge in [0.05, 0.1) is 17.2 Å². The molecule has 0 atom stereocenters. The van der Waals surface area contributed by atoms with Crippen LogP contribution in [0.5, 0.6) is 5.75 Å². The van der Waals surface area contributed by atoms with Crippen LogP contribution in [0, 0.1) is 13.8 Å². The number of aliphatic imine (C=N–C) groups is 1. The van der Waals surface area contributed by atoms with E-state index in [1.54, 1.807) is 30.5 Å². The standard InChI is InChI=1S/C16H19F3N4OS.HI/c1-10-14(25-11(2)23-10)9-22-15(20-3)21-8-12-6-4-5-7-13(12)24-16(17,18)19;/h4-7H,8-9H2,1-3H3,(H2,20,21,22);1H. The third kappa shape index (κ3) is 6.98. The number of thiazole rings is 1. The maximum atomic E-state index is 12.5. The fourth-order valence-electron chi connectivity index (χ4n) is 2.18. The Balaban J connectivity index is 0.00000338. The lowest BCUT2D eigenvalue weighted by atomic mass is 10.2. The van der Waals surface area contributed by atoms with E-state index < -0.39 is 6.36 Å². The lowest BCUT2D eigenvalue weighted by Gasteiger charge is -2.15. The second-order valence-electron chi connectivity index (χ2n) is 5.18. The predicted octanol–water partition coefficient (Wildman–Crippen LogP) is 4.14. The van der Waals surface area contributed by atoms with Gasteiger partial charge in [0.25, 0.3) is 0 Å². The molecule has 2 N–H and O–H groups in total. The van der Waals surface area contributed by atoms with Crippen LogP contribution in [0.1, 0.15) is 21.1 Å². The number of hydrogen-bond donors (Lipinski definition) is 2. The molecule has 2 rings (SSSR count). The van der Waals surface area contributed by atoms with Gasteiger partial charge < -0.3 is 15.4 Å². The summed E-state index contributed by atoms with van der Waals surface area (Å²) in [7, 11) is 1.60. The molecule has 0 bridgehead atoms. The van der Waals surface area contributed by atoms with E-state index in [4.69, 9.17) is 0 Å². The molecule has 0 unspecified atom stereocenters. The zero-order chi connectivity index (χ0) is 18.4. The van der Waals surface area contributed by atoms with Crippen LogP contribution in [0.2, 0.25) is 0 Å². The first kappa shape index (κ1) is 22.5. The summed E-state index contributed by atoms with van der Waals surface area (Å²) in [4.78, 5) is 9.51. The largest absolute Gasteiger partial charge is 0.573 e. The summed E-state index contributed by atoms with van der Waals surface area (Å²) < 4.78 is 41.4. The number of aromatic nitrogens is 1. The van der Waals surface area contributed by atoms with Gasteiger partial charge >= 0.3 is 6.36 Å². The molecule has 26 heavy (non-hydrogen) atoms. The molecule has 1 aromatic heterocycles. The van der Waals surface area contributed by atoms with Crippen molar-refractivity contribution in [3.63, 3.8) is 0 Å². The van der Waals surface area contributed by atoms with Gasteiger partial charge in [-0.3, -0.25) is 4.99 Å². The van der Waals surface area contributed by atoms with E-state index >= 15 is 0 Å². The zero-order valence-corrected chi connectivity index (χ0v) is 17.6. The fourth-order valence-corrected chi connectivity index (χ4v) is 3.05. The Hall–Kier alpha value is -1.56. The predicted molar refractivity (Wildman–Crippen MR) is 107 cm³/mol. The lowest BCUT2D eigenvalue weighted by molar-refractivity contribution is -0.274. The van der Waals surface area contributed by atoms with E-state index in [-0.39, 0.29) is 36.3 Å². The Kier molecular flexibility index (Phi) is 8.60. The van der Waals surface area contributed by atoms with Crippen molar-refractivity contribution < 1.29 is 17.9 Å². The van der Waals surface area contributed by atoms with Crippen LogP contribution in [-0.4, -0.2) is 24.4 Å². The van der Waals surface area contributed by atoms with E-state index in [0.717, 1.165) is 15.6 Å². The second kappa shape index (κ2) is 9.95. The number of guanidine groups is 1. The summed E-state index contributed by atoms with van der Waals surface area (Å²) >= 11 is 1.59. The van der Waals surface area contributed by atoms with Crippen molar-refractivity contribution in [3.8, 4) is 5.75 Å². The smallest absolute Gasteiger partial charge is 0.405 e. The summed E-state index contributed by atoms with van der Waals surface area (Å²) in [5.41, 5.74) is 1.34. The van der Waals surface area contributed by atoms with Crippen LogP contribution in [0.3, 0.4) is 0 Å². The van der Waals surface area contributed by atoms with Gasteiger partial charge in [-0.1, -0.05) is 18.2 Å². The normalized spacial score (nSPS) is 11.7. The molecule has 0 aliphatic heterocycles. The molecule has 0 radical (unpaired) electrons. The zero-order valence-electron chi connectivity index (χ0n) is 14.5.